The van der Waals surface area contributed by atoms with Crippen LogP contribution in [0.2, 0.25) is 0 Å². The molecule has 0 radical (unpaired) electrons. The van der Waals surface area contributed by atoms with E-state index in [1.54, 1.807) is 12.5 Å². The van der Waals surface area contributed by atoms with Crippen molar-refractivity contribution in [3.05, 3.63) is 18.7 Å². The molecule has 3 N–H and O–H groups in total. The first-order chi connectivity index (χ1) is 7.68. The molecule has 0 aliphatic heterocycles. The molecule has 0 saturated carbocycles. The van der Waals surface area contributed by atoms with Crippen LogP contribution in [0.5, 0.6) is 0 Å². The van der Waals surface area contributed by atoms with Crippen LogP contribution in [0.4, 0.5) is 0 Å². The van der Waals surface area contributed by atoms with E-state index in [1.807, 2.05) is 17.7 Å². The lowest BCUT2D eigenvalue weighted by Crippen LogP contribution is -2.27. The Bertz CT molecular complexity index is 304. The molecule has 0 aliphatic rings. The van der Waals surface area contributed by atoms with E-state index in [4.69, 9.17) is 5.73 Å². The van der Waals surface area contributed by atoms with Crippen molar-refractivity contribution in [2.45, 2.75) is 38.8 Å². The molecule has 18 heavy (non-hydrogen) atoms. The predicted octanol–water partition coefficient (Wildman–Crippen LogP) is 1.36. The summed E-state index contributed by atoms with van der Waals surface area (Å²) in [5.74, 6) is 0.0860. The molecule has 1 rings (SSSR count). The van der Waals surface area contributed by atoms with Gasteiger partial charge >= 0.3 is 0 Å². The Hall–Kier alpha value is -0.780. The van der Waals surface area contributed by atoms with Gasteiger partial charge in [-0.2, -0.15) is 0 Å². The molecule has 106 valence electrons. The molecule has 1 aromatic rings. The summed E-state index contributed by atoms with van der Waals surface area (Å²) in [6.07, 6.45) is 7.62. The number of aryl methyl sites for hydroxylation is 1. The van der Waals surface area contributed by atoms with Gasteiger partial charge in [0.2, 0.25) is 5.91 Å². The van der Waals surface area contributed by atoms with E-state index in [2.05, 4.69) is 10.3 Å². The van der Waals surface area contributed by atoms with Crippen molar-refractivity contribution in [1.29, 1.82) is 0 Å². The summed E-state index contributed by atoms with van der Waals surface area (Å²) < 4.78 is 1.99. The lowest BCUT2D eigenvalue weighted by molar-refractivity contribution is -0.121. The van der Waals surface area contributed by atoms with Gasteiger partial charge in [0.05, 0.1) is 6.33 Å². The number of nitrogens with one attached hydrogen (secondary N) is 1. The number of carbonyl (C=O) groups is 1. The van der Waals surface area contributed by atoms with Gasteiger partial charge < -0.3 is 15.6 Å². The van der Waals surface area contributed by atoms with Gasteiger partial charge in [0.15, 0.2) is 0 Å². The fourth-order valence-electron chi connectivity index (χ4n) is 1.36. The highest BCUT2D eigenvalue weighted by Gasteiger charge is 2.02. The number of rotatable bonds is 7. The average molecular weight is 297 g/mol. The average Bonchev–Trinajstić information content (AvgIpc) is 2.74. The first-order valence-corrected chi connectivity index (χ1v) is 5.66. The molecule has 0 spiro atoms. The van der Waals surface area contributed by atoms with Gasteiger partial charge in [-0.3, -0.25) is 4.79 Å². The number of nitrogens with two attached hydrogens (primary N) is 1. The number of hydrogen-bond acceptors (Lipinski definition) is 3. The monoisotopic (exact) mass is 296 g/mol. The number of halogens is 2. The van der Waals surface area contributed by atoms with Crippen LogP contribution in [0, 0.1) is 0 Å². The van der Waals surface area contributed by atoms with Crippen LogP contribution in [0.15, 0.2) is 18.7 Å². The van der Waals surface area contributed by atoms with E-state index in [-0.39, 0.29) is 36.8 Å². The van der Waals surface area contributed by atoms with Gasteiger partial charge in [0.1, 0.15) is 0 Å². The van der Waals surface area contributed by atoms with Crippen LogP contribution in [0.1, 0.15) is 26.2 Å². The first kappa shape index (κ1) is 19.6. The van der Waals surface area contributed by atoms with E-state index in [0.717, 1.165) is 19.4 Å². The third-order valence-electron chi connectivity index (χ3n) is 2.30. The minimum absolute atomic E-state index is 0. The minimum atomic E-state index is 0. The van der Waals surface area contributed by atoms with Crippen molar-refractivity contribution in [3.8, 4) is 0 Å². The molecule has 1 amide bonds. The highest BCUT2D eigenvalue weighted by molar-refractivity contribution is 5.85. The molecular weight excluding hydrogens is 275 g/mol. The molecule has 0 fully saturated rings. The van der Waals surface area contributed by atoms with Crippen molar-refractivity contribution in [2.75, 3.05) is 6.54 Å². The number of amides is 1. The van der Waals surface area contributed by atoms with Crippen LogP contribution < -0.4 is 11.1 Å². The lowest BCUT2D eigenvalue weighted by Gasteiger charge is -2.07. The quantitative estimate of drug-likeness (QED) is 0.746. The third-order valence-corrected chi connectivity index (χ3v) is 2.30. The van der Waals surface area contributed by atoms with Gasteiger partial charge in [-0.1, -0.05) is 0 Å². The summed E-state index contributed by atoms with van der Waals surface area (Å²) in [6, 6.07) is 0.0942. The normalized spacial score (nSPS) is 11.0. The topological polar surface area (TPSA) is 72.9 Å². The van der Waals surface area contributed by atoms with Crippen molar-refractivity contribution < 1.29 is 4.79 Å². The summed E-state index contributed by atoms with van der Waals surface area (Å²) in [4.78, 5) is 15.3. The summed E-state index contributed by atoms with van der Waals surface area (Å²) in [5.41, 5.74) is 5.57. The fraction of sp³-hybridized carbons (Fsp3) is 0.636. The molecule has 7 heteroatoms. The largest absolute Gasteiger partial charge is 0.356 e. The molecular formula is C11H22Cl2N4O. The molecule has 0 aliphatic carbocycles. The number of hydrogen-bond donors (Lipinski definition) is 2. The zero-order valence-electron chi connectivity index (χ0n) is 10.5. The van der Waals surface area contributed by atoms with Gasteiger partial charge in [0, 0.05) is 37.9 Å². The summed E-state index contributed by atoms with van der Waals surface area (Å²) in [7, 11) is 0. The van der Waals surface area contributed by atoms with Crippen LogP contribution in [-0.4, -0.2) is 28.0 Å². The Labute approximate surface area is 120 Å². The summed E-state index contributed by atoms with van der Waals surface area (Å²) >= 11 is 0. The molecule has 0 bridgehead atoms. The minimum Gasteiger partial charge on any atom is -0.356 e. The van der Waals surface area contributed by atoms with Crippen LogP contribution in [-0.2, 0) is 11.3 Å². The predicted molar refractivity (Wildman–Crippen MR) is 77.2 cm³/mol. The lowest BCUT2D eigenvalue weighted by atomic mass is 10.2. The summed E-state index contributed by atoms with van der Waals surface area (Å²) in [5, 5.41) is 2.87. The van der Waals surface area contributed by atoms with Crippen LogP contribution in [0.3, 0.4) is 0 Å². The molecule has 1 unspecified atom stereocenters. The van der Waals surface area contributed by atoms with Gasteiger partial charge in [-0.05, 0) is 19.8 Å². The molecule has 0 aromatic carbocycles. The van der Waals surface area contributed by atoms with E-state index in [1.165, 1.54) is 0 Å². The molecule has 5 nitrogen and oxygen atoms in total. The fourth-order valence-corrected chi connectivity index (χ4v) is 1.36. The van der Waals surface area contributed by atoms with Gasteiger partial charge in [-0.25, -0.2) is 4.98 Å². The van der Waals surface area contributed by atoms with E-state index in [9.17, 15) is 4.79 Å². The SMILES string of the molecule is CC(N)CCC(=O)NCCCn1ccnc1.Cl.Cl. The first-order valence-electron chi connectivity index (χ1n) is 5.66. The third kappa shape index (κ3) is 9.27. The maximum atomic E-state index is 11.3. The Morgan fingerprint density at radius 2 is 2.22 bits per heavy atom. The highest BCUT2D eigenvalue weighted by Crippen LogP contribution is 1.93. The second kappa shape index (κ2) is 11.3. The van der Waals surface area contributed by atoms with Gasteiger partial charge in [0.25, 0.3) is 0 Å². The Kier molecular flexibility index (Phi) is 12.3. The maximum Gasteiger partial charge on any atom is 0.220 e. The molecule has 1 heterocycles. The Morgan fingerprint density at radius 1 is 1.50 bits per heavy atom. The standard InChI is InChI=1S/C11H20N4O.2ClH/c1-10(12)3-4-11(16)14-5-2-7-15-8-6-13-9-15;;/h6,8-10H,2-5,7,12H2,1H3,(H,14,16);2*1H. The van der Waals surface area contributed by atoms with Crippen molar-refractivity contribution in [3.63, 3.8) is 0 Å². The number of imidazole rings is 1. The molecule has 0 saturated heterocycles. The number of nitrogens with zero attached hydrogens (tertiary/aromatic N) is 2. The van der Waals surface area contributed by atoms with Gasteiger partial charge in [-0.15, -0.1) is 24.8 Å². The van der Waals surface area contributed by atoms with Crippen molar-refractivity contribution >= 4 is 30.7 Å². The summed E-state index contributed by atoms with van der Waals surface area (Å²) in [6.45, 7) is 3.50. The van der Waals surface area contributed by atoms with E-state index in [0.29, 0.717) is 13.0 Å². The van der Waals surface area contributed by atoms with Crippen LogP contribution in [0.25, 0.3) is 0 Å². The zero-order valence-corrected chi connectivity index (χ0v) is 12.2. The Balaban J connectivity index is 0. The molecule has 1 aromatic heterocycles. The molecule has 1 atom stereocenters. The smallest absolute Gasteiger partial charge is 0.220 e. The van der Waals surface area contributed by atoms with E-state index < -0.39 is 0 Å². The highest BCUT2D eigenvalue weighted by atomic mass is 35.5. The second-order valence-electron chi connectivity index (χ2n) is 4.02. The maximum absolute atomic E-state index is 11.3. The van der Waals surface area contributed by atoms with Crippen LogP contribution >= 0.6 is 24.8 Å². The zero-order chi connectivity index (χ0) is 11.8. The Morgan fingerprint density at radius 3 is 2.78 bits per heavy atom. The van der Waals surface area contributed by atoms with Crippen molar-refractivity contribution in [1.82, 2.24) is 14.9 Å². The number of aromatic nitrogens is 2. The second-order valence-corrected chi connectivity index (χ2v) is 4.02. The number of carbonyl (C=O) groups excluding carboxylic acids is 1. The van der Waals surface area contributed by atoms with E-state index >= 15 is 0 Å². The van der Waals surface area contributed by atoms with Crippen molar-refractivity contribution in [2.24, 2.45) is 5.73 Å².